The zero-order valence-electron chi connectivity index (χ0n) is 6.61. The average molecular weight is 239 g/mol. The van der Waals surface area contributed by atoms with Crippen LogP contribution in [0, 0.1) is 0 Å². The van der Waals surface area contributed by atoms with Crippen LogP contribution in [-0.2, 0) is 0 Å². The van der Waals surface area contributed by atoms with Crippen LogP contribution in [0.4, 0.5) is 0 Å². The first-order chi connectivity index (χ1) is 6.06. The van der Waals surface area contributed by atoms with Gasteiger partial charge in [0.1, 0.15) is 5.75 Å². The van der Waals surface area contributed by atoms with E-state index in [2.05, 4.69) is 0 Å². The molecular weight excluding hydrogens is 234 g/mol. The Morgan fingerprint density at radius 3 is 2.31 bits per heavy atom. The SMILES string of the molecule is COc1cc(Cl)c(Cl)cc1C(=O)Cl. The summed E-state index contributed by atoms with van der Waals surface area (Å²) in [4.78, 5) is 10.9. The van der Waals surface area contributed by atoms with Crippen molar-refractivity contribution in [1.82, 2.24) is 0 Å². The minimum absolute atomic E-state index is 0.207. The number of hydrogen-bond acceptors (Lipinski definition) is 2. The zero-order valence-corrected chi connectivity index (χ0v) is 8.87. The van der Waals surface area contributed by atoms with E-state index in [-0.39, 0.29) is 10.6 Å². The van der Waals surface area contributed by atoms with Gasteiger partial charge in [-0.25, -0.2) is 0 Å². The predicted molar refractivity (Wildman–Crippen MR) is 53.2 cm³/mol. The van der Waals surface area contributed by atoms with Crippen LogP contribution in [0.1, 0.15) is 10.4 Å². The van der Waals surface area contributed by atoms with E-state index in [1.165, 1.54) is 19.2 Å². The number of ether oxygens (including phenoxy) is 1. The average Bonchev–Trinajstić information content (AvgIpc) is 2.08. The van der Waals surface area contributed by atoms with Gasteiger partial charge >= 0.3 is 0 Å². The first kappa shape index (κ1) is 10.6. The van der Waals surface area contributed by atoms with Crippen LogP contribution in [0.15, 0.2) is 12.1 Å². The summed E-state index contributed by atoms with van der Waals surface area (Å²) in [7, 11) is 1.42. The fourth-order valence-electron chi connectivity index (χ4n) is 0.851. The van der Waals surface area contributed by atoms with Crippen molar-refractivity contribution in [3.05, 3.63) is 27.7 Å². The summed E-state index contributed by atoms with van der Waals surface area (Å²) in [6.45, 7) is 0. The standard InChI is InChI=1S/C8H5Cl3O2/c1-13-7-3-6(10)5(9)2-4(7)8(11)12/h2-3H,1H3. The number of hydrogen-bond donors (Lipinski definition) is 0. The fraction of sp³-hybridized carbons (Fsp3) is 0.125. The van der Waals surface area contributed by atoms with Gasteiger partial charge in [-0.2, -0.15) is 0 Å². The molecule has 0 N–H and O–H groups in total. The van der Waals surface area contributed by atoms with Crippen molar-refractivity contribution in [2.24, 2.45) is 0 Å². The molecule has 70 valence electrons. The van der Waals surface area contributed by atoms with Gasteiger partial charge < -0.3 is 4.74 Å². The first-order valence-corrected chi connectivity index (χ1v) is 4.42. The fourth-order valence-corrected chi connectivity index (χ4v) is 1.32. The van der Waals surface area contributed by atoms with E-state index >= 15 is 0 Å². The number of carbonyl (C=O) groups excluding carboxylic acids is 1. The van der Waals surface area contributed by atoms with Crippen molar-refractivity contribution in [2.75, 3.05) is 7.11 Å². The van der Waals surface area contributed by atoms with Gasteiger partial charge in [-0.1, -0.05) is 23.2 Å². The summed E-state index contributed by atoms with van der Waals surface area (Å²) >= 11 is 16.7. The second-order valence-electron chi connectivity index (χ2n) is 2.24. The predicted octanol–water partition coefficient (Wildman–Crippen LogP) is 3.38. The smallest absolute Gasteiger partial charge is 0.256 e. The molecule has 5 heteroatoms. The molecule has 0 fully saturated rings. The van der Waals surface area contributed by atoms with E-state index in [1.54, 1.807) is 0 Å². The van der Waals surface area contributed by atoms with Gasteiger partial charge in [0.05, 0.1) is 22.7 Å². The molecule has 0 aliphatic carbocycles. The third kappa shape index (κ3) is 2.27. The molecule has 0 radical (unpaired) electrons. The normalized spacial score (nSPS) is 9.85. The molecule has 0 spiro atoms. The summed E-state index contributed by atoms with van der Waals surface area (Å²) < 4.78 is 4.89. The molecule has 0 unspecified atom stereocenters. The van der Waals surface area contributed by atoms with E-state index < -0.39 is 5.24 Å². The van der Waals surface area contributed by atoms with Crippen LogP contribution in [0.5, 0.6) is 5.75 Å². The number of benzene rings is 1. The quantitative estimate of drug-likeness (QED) is 0.740. The van der Waals surface area contributed by atoms with Crippen molar-refractivity contribution in [3.8, 4) is 5.75 Å². The molecule has 0 saturated carbocycles. The highest BCUT2D eigenvalue weighted by molar-refractivity contribution is 6.68. The summed E-state index contributed by atoms with van der Waals surface area (Å²) in [5.74, 6) is 0.314. The van der Waals surface area contributed by atoms with Crippen LogP contribution >= 0.6 is 34.8 Å². The first-order valence-electron chi connectivity index (χ1n) is 3.29. The van der Waals surface area contributed by atoms with E-state index in [9.17, 15) is 4.79 Å². The second-order valence-corrected chi connectivity index (χ2v) is 3.40. The Hall–Kier alpha value is -0.440. The summed E-state index contributed by atoms with van der Waals surface area (Å²) in [5, 5.41) is -0.0398. The Labute approximate surface area is 90.3 Å². The topological polar surface area (TPSA) is 26.3 Å². The molecule has 0 aliphatic rings. The maximum Gasteiger partial charge on any atom is 0.256 e. The minimum Gasteiger partial charge on any atom is -0.496 e. The van der Waals surface area contributed by atoms with E-state index in [0.717, 1.165) is 0 Å². The molecule has 13 heavy (non-hydrogen) atoms. The van der Waals surface area contributed by atoms with Gasteiger partial charge in [0.15, 0.2) is 0 Å². The highest BCUT2D eigenvalue weighted by Crippen LogP contribution is 2.31. The maximum absolute atomic E-state index is 10.9. The molecular formula is C8H5Cl3O2. The monoisotopic (exact) mass is 238 g/mol. The molecule has 0 aromatic heterocycles. The van der Waals surface area contributed by atoms with Crippen molar-refractivity contribution < 1.29 is 9.53 Å². The van der Waals surface area contributed by atoms with Gasteiger partial charge in [0.2, 0.25) is 0 Å². The number of rotatable bonds is 2. The van der Waals surface area contributed by atoms with Crippen molar-refractivity contribution in [3.63, 3.8) is 0 Å². The van der Waals surface area contributed by atoms with Gasteiger partial charge in [-0.3, -0.25) is 4.79 Å². The maximum atomic E-state index is 10.9. The summed E-state index contributed by atoms with van der Waals surface area (Å²) in [6, 6.07) is 2.82. The minimum atomic E-state index is -0.629. The molecule has 1 aromatic rings. The Kier molecular flexibility index (Phi) is 3.42. The molecule has 0 heterocycles. The summed E-state index contributed by atoms with van der Waals surface area (Å²) in [6.07, 6.45) is 0. The van der Waals surface area contributed by atoms with E-state index in [0.29, 0.717) is 10.8 Å². The van der Waals surface area contributed by atoms with Gasteiger partial charge in [-0.15, -0.1) is 0 Å². The Morgan fingerprint density at radius 1 is 1.31 bits per heavy atom. The molecule has 0 saturated heterocycles. The lowest BCUT2D eigenvalue weighted by atomic mass is 10.2. The van der Waals surface area contributed by atoms with Crippen LogP contribution in [0.2, 0.25) is 10.0 Å². The molecule has 0 amide bonds. The van der Waals surface area contributed by atoms with Crippen LogP contribution in [0.25, 0.3) is 0 Å². The molecule has 0 atom stereocenters. The van der Waals surface area contributed by atoms with E-state index in [1.807, 2.05) is 0 Å². The van der Waals surface area contributed by atoms with Gasteiger partial charge in [0, 0.05) is 6.07 Å². The van der Waals surface area contributed by atoms with Crippen molar-refractivity contribution in [1.29, 1.82) is 0 Å². The highest BCUT2D eigenvalue weighted by atomic mass is 35.5. The third-order valence-corrected chi connectivity index (χ3v) is 2.38. The van der Waals surface area contributed by atoms with E-state index in [4.69, 9.17) is 39.5 Å². The van der Waals surface area contributed by atoms with Crippen LogP contribution in [0.3, 0.4) is 0 Å². The second kappa shape index (κ2) is 4.18. The Balaban J connectivity index is 3.33. The number of halogens is 3. The zero-order chi connectivity index (χ0) is 10.0. The Morgan fingerprint density at radius 2 is 1.85 bits per heavy atom. The third-order valence-electron chi connectivity index (χ3n) is 1.45. The molecule has 1 rings (SSSR count). The highest BCUT2D eigenvalue weighted by Gasteiger charge is 2.12. The molecule has 2 nitrogen and oxygen atoms in total. The van der Waals surface area contributed by atoms with Gasteiger partial charge in [0.25, 0.3) is 5.24 Å². The lowest BCUT2D eigenvalue weighted by Gasteiger charge is -2.05. The van der Waals surface area contributed by atoms with Crippen molar-refractivity contribution >= 4 is 40.0 Å². The molecule has 0 aliphatic heterocycles. The summed E-state index contributed by atoms with van der Waals surface area (Å²) in [5.41, 5.74) is 0.207. The van der Waals surface area contributed by atoms with Gasteiger partial charge in [-0.05, 0) is 17.7 Å². The number of carbonyl (C=O) groups is 1. The molecule has 0 bridgehead atoms. The Bertz CT molecular complexity index is 349. The number of methoxy groups -OCH3 is 1. The lowest BCUT2D eigenvalue weighted by Crippen LogP contribution is -1.95. The lowest BCUT2D eigenvalue weighted by molar-refractivity contribution is 0.107. The van der Waals surface area contributed by atoms with Crippen LogP contribution in [-0.4, -0.2) is 12.4 Å². The largest absolute Gasteiger partial charge is 0.496 e. The van der Waals surface area contributed by atoms with Crippen LogP contribution < -0.4 is 4.74 Å². The molecule has 1 aromatic carbocycles. The van der Waals surface area contributed by atoms with Crippen molar-refractivity contribution in [2.45, 2.75) is 0 Å².